The number of halogens is 1. The van der Waals surface area contributed by atoms with Crippen LogP contribution in [-0.4, -0.2) is 10.8 Å². The zero-order valence-corrected chi connectivity index (χ0v) is 13.0. The highest BCUT2D eigenvalue weighted by molar-refractivity contribution is 5.99. The number of nitrogens with zero attached hydrogens (tertiary/aromatic N) is 1. The average Bonchev–Trinajstić information content (AvgIpc) is 3.06. The Morgan fingerprint density at radius 1 is 1.12 bits per heavy atom. The average molecular weight is 328 g/mol. The van der Waals surface area contributed by atoms with Crippen LogP contribution in [0.5, 0.6) is 0 Å². The highest BCUT2D eigenvalue weighted by Crippen LogP contribution is 2.42. The Balaban J connectivity index is 1.91. The summed E-state index contributed by atoms with van der Waals surface area (Å²) in [5.41, 5.74) is 0.158. The topological polar surface area (TPSA) is 72.2 Å². The van der Waals surface area contributed by atoms with Gasteiger partial charge in [0.05, 0.1) is 10.3 Å². The molecular formula is C18H17FN2O3. The molecule has 0 unspecified atom stereocenters. The van der Waals surface area contributed by atoms with Gasteiger partial charge >= 0.3 is 0 Å². The van der Waals surface area contributed by atoms with Crippen LogP contribution in [0.1, 0.15) is 31.2 Å². The number of carbonyl (C=O) groups is 1. The van der Waals surface area contributed by atoms with Crippen LogP contribution < -0.4 is 5.32 Å². The molecule has 1 aliphatic carbocycles. The fraction of sp³-hybridized carbons (Fsp3) is 0.278. The lowest BCUT2D eigenvalue weighted by Crippen LogP contribution is -2.38. The number of non-ortho nitro benzene ring substituents is 1. The first-order chi connectivity index (χ1) is 11.5. The minimum absolute atomic E-state index is 0.0842. The number of nitro groups is 1. The van der Waals surface area contributed by atoms with Gasteiger partial charge in [-0.15, -0.1) is 0 Å². The Morgan fingerprint density at radius 3 is 2.50 bits per heavy atom. The van der Waals surface area contributed by atoms with Crippen molar-refractivity contribution in [1.29, 1.82) is 0 Å². The van der Waals surface area contributed by atoms with Crippen molar-refractivity contribution in [3.8, 4) is 0 Å². The first-order valence-corrected chi connectivity index (χ1v) is 7.83. The molecule has 1 N–H and O–H groups in total. The molecule has 6 heteroatoms. The van der Waals surface area contributed by atoms with Crippen molar-refractivity contribution in [2.45, 2.75) is 31.1 Å². The molecule has 0 aliphatic heterocycles. The molecule has 24 heavy (non-hydrogen) atoms. The largest absolute Gasteiger partial charge is 0.325 e. The highest BCUT2D eigenvalue weighted by atomic mass is 19.1. The molecule has 0 atom stereocenters. The second-order valence-electron chi connectivity index (χ2n) is 6.06. The van der Waals surface area contributed by atoms with Gasteiger partial charge in [0.2, 0.25) is 5.91 Å². The second-order valence-corrected chi connectivity index (χ2v) is 6.06. The predicted octanol–water partition coefficient (Wildman–Crippen LogP) is 4.18. The number of nitro benzene ring substituents is 1. The Morgan fingerprint density at radius 2 is 1.83 bits per heavy atom. The number of rotatable bonds is 4. The summed E-state index contributed by atoms with van der Waals surface area (Å²) in [7, 11) is 0. The van der Waals surface area contributed by atoms with Crippen molar-refractivity contribution in [2.24, 2.45) is 0 Å². The molecule has 0 bridgehead atoms. The van der Waals surface area contributed by atoms with Gasteiger partial charge in [0.15, 0.2) is 0 Å². The van der Waals surface area contributed by atoms with Crippen LogP contribution in [-0.2, 0) is 10.2 Å². The van der Waals surface area contributed by atoms with Gasteiger partial charge < -0.3 is 5.32 Å². The lowest BCUT2D eigenvalue weighted by Gasteiger charge is -2.28. The molecule has 1 amide bonds. The molecule has 2 aromatic carbocycles. The standard InChI is InChI=1S/C18H17FN2O3/c19-14-6-3-5-13(11-14)18(9-1-2-10-18)17(22)20-15-7-4-8-16(12-15)21(23)24/h3-8,11-12H,1-2,9-10H2,(H,20,22). The van der Waals surface area contributed by atoms with Gasteiger partial charge in [-0.3, -0.25) is 14.9 Å². The summed E-state index contributed by atoms with van der Waals surface area (Å²) < 4.78 is 13.6. The molecule has 1 saturated carbocycles. The van der Waals surface area contributed by atoms with Crippen LogP contribution in [0.25, 0.3) is 0 Å². The van der Waals surface area contributed by atoms with Crippen LogP contribution in [0, 0.1) is 15.9 Å². The quantitative estimate of drug-likeness (QED) is 0.676. The van der Waals surface area contributed by atoms with Crippen LogP contribution >= 0.6 is 0 Å². The Hall–Kier alpha value is -2.76. The van der Waals surface area contributed by atoms with E-state index in [1.807, 2.05) is 0 Å². The van der Waals surface area contributed by atoms with Crippen LogP contribution in [0.3, 0.4) is 0 Å². The van der Waals surface area contributed by atoms with Crippen molar-refractivity contribution in [3.63, 3.8) is 0 Å². The molecule has 0 spiro atoms. The summed E-state index contributed by atoms with van der Waals surface area (Å²) in [5, 5.41) is 13.6. The lowest BCUT2D eigenvalue weighted by molar-refractivity contribution is -0.384. The van der Waals surface area contributed by atoms with Crippen LogP contribution in [0.15, 0.2) is 48.5 Å². The number of hydrogen-bond acceptors (Lipinski definition) is 3. The minimum Gasteiger partial charge on any atom is -0.325 e. The molecule has 1 aliphatic rings. The highest BCUT2D eigenvalue weighted by Gasteiger charge is 2.42. The summed E-state index contributed by atoms with van der Waals surface area (Å²) >= 11 is 0. The number of benzene rings is 2. The smallest absolute Gasteiger partial charge is 0.271 e. The van der Waals surface area contributed by atoms with Gasteiger partial charge in [-0.25, -0.2) is 4.39 Å². The van der Waals surface area contributed by atoms with E-state index in [4.69, 9.17) is 0 Å². The molecule has 124 valence electrons. The summed E-state index contributed by atoms with van der Waals surface area (Å²) in [6, 6.07) is 12.0. The zero-order chi connectivity index (χ0) is 17.2. The number of carbonyl (C=O) groups excluding carboxylic acids is 1. The van der Waals surface area contributed by atoms with E-state index in [2.05, 4.69) is 5.32 Å². The van der Waals surface area contributed by atoms with E-state index in [1.165, 1.54) is 30.3 Å². The van der Waals surface area contributed by atoms with E-state index in [-0.39, 0.29) is 17.4 Å². The molecule has 2 aromatic rings. The van der Waals surface area contributed by atoms with Crippen molar-refractivity contribution < 1.29 is 14.1 Å². The molecule has 0 aromatic heterocycles. The summed E-state index contributed by atoms with van der Waals surface area (Å²) in [5.74, 6) is -0.618. The Bertz CT molecular complexity index is 785. The number of nitrogens with one attached hydrogen (secondary N) is 1. The molecule has 0 heterocycles. The monoisotopic (exact) mass is 328 g/mol. The van der Waals surface area contributed by atoms with E-state index in [0.717, 1.165) is 12.8 Å². The first kappa shape index (κ1) is 16.1. The third kappa shape index (κ3) is 2.99. The lowest BCUT2D eigenvalue weighted by atomic mass is 9.78. The predicted molar refractivity (Wildman–Crippen MR) is 88.3 cm³/mol. The molecule has 3 rings (SSSR count). The zero-order valence-electron chi connectivity index (χ0n) is 13.0. The fourth-order valence-electron chi connectivity index (χ4n) is 3.36. The van der Waals surface area contributed by atoms with Crippen LogP contribution in [0.4, 0.5) is 15.8 Å². The molecular weight excluding hydrogens is 311 g/mol. The maximum Gasteiger partial charge on any atom is 0.271 e. The maximum absolute atomic E-state index is 13.6. The van der Waals surface area contributed by atoms with Crippen molar-refractivity contribution in [1.82, 2.24) is 0 Å². The normalized spacial score (nSPS) is 15.9. The van der Waals surface area contributed by atoms with Crippen molar-refractivity contribution in [3.05, 3.63) is 70.0 Å². The third-order valence-corrected chi connectivity index (χ3v) is 4.58. The fourth-order valence-corrected chi connectivity index (χ4v) is 3.36. The summed E-state index contributed by atoms with van der Waals surface area (Å²) in [4.78, 5) is 23.3. The summed E-state index contributed by atoms with van der Waals surface area (Å²) in [6.07, 6.45) is 3.05. The maximum atomic E-state index is 13.6. The van der Waals surface area contributed by atoms with Gasteiger partial charge in [0.25, 0.3) is 5.69 Å². The van der Waals surface area contributed by atoms with E-state index < -0.39 is 10.3 Å². The second kappa shape index (κ2) is 6.39. The van der Waals surface area contributed by atoms with Gasteiger partial charge in [0.1, 0.15) is 5.82 Å². The van der Waals surface area contributed by atoms with Crippen molar-refractivity contribution >= 4 is 17.3 Å². The summed E-state index contributed by atoms with van der Waals surface area (Å²) in [6.45, 7) is 0. The van der Waals surface area contributed by atoms with Crippen LogP contribution in [0.2, 0.25) is 0 Å². The number of hydrogen-bond donors (Lipinski definition) is 1. The Labute approximate surface area is 138 Å². The third-order valence-electron chi connectivity index (χ3n) is 4.58. The van der Waals surface area contributed by atoms with Gasteiger partial charge in [-0.05, 0) is 36.6 Å². The van der Waals surface area contributed by atoms with Crippen molar-refractivity contribution in [2.75, 3.05) is 5.32 Å². The molecule has 0 radical (unpaired) electrons. The minimum atomic E-state index is -0.785. The van der Waals surface area contributed by atoms with Gasteiger partial charge in [0, 0.05) is 17.8 Å². The number of amides is 1. The molecule has 1 fully saturated rings. The molecule has 0 saturated heterocycles. The van der Waals surface area contributed by atoms with E-state index >= 15 is 0 Å². The molecule has 5 nitrogen and oxygen atoms in total. The van der Waals surface area contributed by atoms with Gasteiger partial charge in [-0.2, -0.15) is 0 Å². The SMILES string of the molecule is O=C(Nc1cccc([N+](=O)[O-])c1)C1(c2cccc(F)c2)CCCC1. The first-order valence-electron chi connectivity index (χ1n) is 7.83. The van der Waals surface area contributed by atoms with E-state index in [0.29, 0.717) is 24.1 Å². The van der Waals surface area contributed by atoms with E-state index in [1.54, 1.807) is 18.2 Å². The van der Waals surface area contributed by atoms with E-state index in [9.17, 15) is 19.3 Å². The number of anilines is 1. The Kier molecular flexibility index (Phi) is 4.29. The van der Waals surface area contributed by atoms with Gasteiger partial charge in [-0.1, -0.05) is 31.0 Å².